The summed E-state index contributed by atoms with van der Waals surface area (Å²) < 4.78 is 41.1. The lowest BCUT2D eigenvalue weighted by atomic mass is 10.1. The summed E-state index contributed by atoms with van der Waals surface area (Å²) in [6.45, 7) is 0.970. The van der Waals surface area contributed by atoms with E-state index in [-0.39, 0.29) is 5.56 Å². The van der Waals surface area contributed by atoms with Gasteiger partial charge in [0.05, 0.1) is 0 Å². The van der Waals surface area contributed by atoms with Crippen LogP contribution in [0.15, 0.2) is 28.7 Å². The van der Waals surface area contributed by atoms with E-state index in [1.165, 1.54) is 24.1 Å². The third kappa shape index (κ3) is 4.10. The summed E-state index contributed by atoms with van der Waals surface area (Å²) in [5, 5.41) is 0. The van der Waals surface area contributed by atoms with Crippen molar-refractivity contribution in [1.29, 1.82) is 0 Å². The number of alkyl halides is 3. The summed E-state index contributed by atoms with van der Waals surface area (Å²) in [7, 11) is 1.21. The summed E-state index contributed by atoms with van der Waals surface area (Å²) in [6, 6.07) is 3.34. The van der Waals surface area contributed by atoms with E-state index < -0.39 is 18.2 Å². The molecule has 22 heavy (non-hydrogen) atoms. The molecule has 0 spiro atoms. The second-order valence-corrected chi connectivity index (χ2v) is 7.13. The number of urea groups is 1. The third-order valence-corrected chi connectivity index (χ3v) is 4.94. The van der Waals surface area contributed by atoms with Gasteiger partial charge in [0, 0.05) is 36.1 Å². The first-order valence-electron chi connectivity index (χ1n) is 6.72. The second kappa shape index (κ2) is 7.12. The van der Waals surface area contributed by atoms with Gasteiger partial charge >= 0.3 is 12.2 Å². The minimum atomic E-state index is -4.53. The van der Waals surface area contributed by atoms with Crippen molar-refractivity contribution in [2.75, 3.05) is 31.6 Å². The topological polar surface area (TPSA) is 23.6 Å². The van der Waals surface area contributed by atoms with Crippen LogP contribution in [0.25, 0.3) is 0 Å². The monoisotopic (exact) mass is 396 g/mol. The summed E-state index contributed by atoms with van der Waals surface area (Å²) >= 11 is 4.90. The fourth-order valence-electron chi connectivity index (χ4n) is 2.37. The Hall–Kier alpha value is -0.890. The van der Waals surface area contributed by atoms with Crippen LogP contribution in [-0.2, 0) is 0 Å². The molecule has 122 valence electrons. The van der Waals surface area contributed by atoms with E-state index >= 15 is 0 Å². The number of halogens is 4. The van der Waals surface area contributed by atoms with E-state index in [9.17, 15) is 18.0 Å². The Morgan fingerprint density at radius 1 is 1.27 bits per heavy atom. The third-order valence-electron chi connectivity index (χ3n) is 3.47. The van der Waals surface area contributed by atoms with Crippen molar-refractivity contribution in [1.82, 2.24) is 9.80 Å². The summed E-state index contributed by atoms with van der Waals surface area (Å²) in [6.07, 6.45) is -4.53. The zero-order chi connectivity index (χ0) is 16.3. The molecule has 2 amide bonds. The molecule has 1 aliphatic heterocycles. The molecule has 0 radical (unpaired) electrons. The number of nitrogens with zero attached hydrogens (tertiary/aromatic N) is 2. The van der Waals surface area contributed by atoms with Crippen LogP contribution in [0.1, 0.15) is 11.6 Å². The minimum Gasteiger partial charge on any atom is -0.323 e. The SMILES string of the molecule is CN(C(=O)N1CCSCC1)C(c1ccc(Br)cc1)C(F)(F)F. The van der Waals surface area contributed by atoms with Crippen molar-refractivity contribution in [3.05, 3.63) is 34.3 Å². The number of hydrogen-bond donors (Lipinski definition) is 0. The summed E-state index contributed by atoms with van der Waals surface area (Å²) in [4.78, 5) is 14.6. The van der Waals surface area contributed by atoms with Crippen molar-refractivity contribution in [3.63, 3.8) is 0 Å². The highest BCUT2D eigenvalue weighted by molar-refractivity contribution is 9.10. The van der Waals surface area contributed by atoms with Gasteiger partial charge in [-0.25, -0.2) is 4.79 Å². The first-order chi connectivity index (χ1) is 10.3. The molecule has 0 N–H and O–H groups in total. The van der Waals surface area contributed by atoms with Crippen LogP contribution in [0.5, 0.6) is 0 Å². The molecule has 1 unspecified atom stereocenters. The number of benzene rings is 1. The van der Waals surface area contributed by atoms with Gasteiger partial charge in [-0.3, -0.25) is 0 Å². The summed E-state index contributed by atoms with van der Waals surface area (Å²) in [5.74, 6) is 1.52. The molecule has 8 heteroatoms. The molecule has 0 aliphatic carbocycles. The van der Waals surface area contributed by atoms with E-state index in [2.05, 4.69) is 15.9 Å². The lowest BCUT2D eigenvalue weighted by Crippen LogP contribution is -2.49. The van der Waals surface area contributed by atoms with Crippen molar-refractivity contribution in [3.8, 4) is 0 Å². The lowest BCUT2D eigenvalue weighted by molar-refractivity contribution is -0.176. The Morgan fingerprint density at radius 2 is 1.82 bits per heavy atom. The summed E-state index contributed by atoms with van der Waals surface area (Å²) in [5.41, 5.74) is 0.0536. The normalized spacial score (nSPS) is 17.2. The number of rotatable bonds is 2. The zero-order valence-corrected chi connectivity index (χ0v) is 14.3. The standard InChI is InChI=1S/C14H16BrF3N2OS/c1-19(13(21)20-6-8-22-9-7-20)12(14(16,17)18)10-2-4-11(15)5-3-10/h2-5,12H,6-9H2,1H3. The van der Waals surface area contributed by atoms with Crippen LogP contribution in [-0.4, -0.2) is 53.7 Å². The molecule has 1 atom stereocenters. The zero-order valence-electron chi connectivity index (χ0n) is 11.9. The van der Waals surface area contributed by atoms with Crippen molar-refractivity contribution in [2.45, 2.75) is 12.2 Å². The Morgan fingerprint density at radius 3 is 2.32 bits per heavy atom. The highest BCUT2D eigenvalue weighted by Crippen LogP contribution is 2.38. The molecular weight excluding hydrogens is 381 g/mol. The Kier molecular flexibility index (Phi) is 5.65. The van der Waals surface area contributed by atoms with Gasteiger partial charge in [0.1, 0.15) is 0 Å². The van der Waals surface area contributed by atoms with E-state index in [0.29, 0.717) is 17.6 Å². The largest absolute Gasteiger partial charge is 0.413 e. The van der Waals surface area contributed by atoms with Crippen LogP contribution in [0.2, 0.25) is 0 Å². The van der Waals surface area contributed by atoms with E-state index in [1.54, 1.807) is 23.9 Å². The predicted molar refractivity (Wildman–Crippen MR) is 85.0 cm³/mol. The van der Waals surface area contributed by atoms with Gasteiger partial charge in [0.25, 0.3) is 0 Å². The van der Waals surface area contributed by atoms with Crippen molar-refractivity contribution < 1.29 is 18.0 Å². The quantitative estimate of drug-likeness (QED) is 0.749. The molecule has 2 rings (SSSR count). The Labute approximate surface area is 140 Å². The van der Waals surface area contributed by atoms with Crippen molar-refractivity contribution in [2.24, 2.45) is 0 Å². The van der Waals surface area contributed by atoms with Gasteiger partial charge in [0.15, 0.2) is 6.04 Å². The Bertz CT molecular complexity index is 518. The van der Waals surface area contributed by atoms with Crippen LogP contribution >= 0.6 is 27.7 Å². The number of amides is 2. The second-order valence-electron chi connectivity index (χ2n) is 4.99. The number of carbonyl (C=O) groups is 1. The molecular formula is C14H16BrF3N2OS. The molecule has 3 nitrogen and oxygen atoms in total. The fraction of sp³-hybridized carbons (Fsp3) is 0.500. The molecule has 0 bridgehead atoms. The maximum Gasteiger partial charge on any atom is 0.413 e. The van der Waals surface area contributed by atoms with E-state index in [4.69, 9.17) is 0 Å². The van der Waals surface area contributed by atoms with E-state index in [0.717, 1.165) is 16.4 Å². The predicted octanol–water partition coefficient (Wildman–Crippen LogP) is 4.15. The smallest absolute Gasteiger partial charge is 0.323 e. The molecule has 1 aliphatic rings. The minimum absolute atomic E-state index is 0.0536. The number of hydrogen-bond acceptors (Lipinski definition) is 2. The molecule has 0 aromatic heterocycles. The van der Waals surface area contributed by atoms with E-state index in [1.807, 2.05) is 0 Å². The highest BCUT2D eigenvalue weighted by Gasteiger charge is 2.46. The van der Waals surface area contributed by atoms with Gasteiger partial charge < -0.3 is 9.80 Å². The van der Waals surface area contributed by atoms with Crippen LogP contribution < -0.4 is 0 Å². The highest BCUT2D eigenvalue weighted by atomic mass is 79.9. The maximum absolute atomic E-state index is 13.5. The average molecular weight is 397 g/mol. The van der Waals surface area contributed by atoms with Gasteiger partial charge in [0.2, 0.25) is 0 Å². The van der Waals surface area contributed by atoms with Crippen LogP contribution in [0, 0.1) is 0 Å². The van der Waals surface area contributed by atoms with Crippen molar-refractivity contribution >= 4 is 33.7 Å². The van der Waals surface area contributed by atoms with Gasteiger partial charge in [-0.1, -0.05) is 28.1 Å². The van der Waals surface area contributed by atoms with Crippen LogP contribution in [0.4, 0.5) is 18.0 Å². The molecule has 1 aromatic rings. The first-order valence-corrected chi connectivity index (χ1v) is 8.67. The number of carbonyl (C=O) groups excluding carboxylic acids is 1. The number of thioether (sulfide) groups is 1. The van der Waals surface area contributed by atoms with Crippen LogP contribution in [0.3, 0.4) is 0 Å². The maximum atomic E-state index is 13.5. The Balaban J connectivity index is 2.24. The molecule has 0 saturated carbocycles. The first kappa shape index (κ1) is 17.5. The average Bonchev–Trinajstić information content (AvgIpc) is 2.48. The lowest BCUT2D eigenvalue weighted by Gasteiger charge is -2.36. The molecule has 1 heterocycles. The molecule has 1 aromatic carbocycles. The molecule has 1 saturated heterocycles. The van der Waals surface area contributed by atoms with Gasteiger partial charge in [-0.05, 0) is 17.7 Å². The van der Waals surface area contributed by atoms with Gasteiger partial charge in [-0.2, -0.15) is 24.9 Å². The van der Waals surface area contributed by atoms with Gasteiger partial charge in [-0.15, -0.1) is 0 Å². The fourth-order valence-corrected chi connectivity index (χ4v) is 3.53. The molecule has 1 fully saturated rings.